The highest BCUT2D eigenvalue weighted by Crippen LogP contribution is 1.92. The van der Waals surface area contributed by atoms with Gasteiger partial charge in [-0.05, 0) is 26.2 Å². The van der Waals surface area contributed by atoms with Crippen LogP contribution < -0.4 is 5.32 Å². The number of carbonyl (C=O) groups is 1. The summed E-state index contributed by atoms with van der Waals surface area (Å²) in [5.74, 6) is -0.0186. The minimum Gasteiger partial charge on any atom is -0.353 e. The number of nitrogens with one attached hydrogen (secondary N) is 1. The van der Waals surface area contributed by atoms with Crippen molar-refractivity contribution in [2.75, 3.05) is 6.54 Å². The molecule has 1 amide bonds. The second kappa shape index (κ2) is 10.8. The Labute approximate surface area is 92.8 Å². The molecule has 0 bridgehead atoms. The standard InChI is InChI=1S/C13H21NO/c1-3-5-6-7-8-9-10-11-13(15)14-12-4-2/h3,5,8-11H,4,6-7,12H2,1-2H3,(H,14,15)/b5-3+,9-8-,11-10+. The normalized spacial score (nSPS) is 11.9. The third-order valence-corrected chi connectivity index (χ3v) is 1.78. The van der Waals surface area contributed by atoms with E-state index in [-0.39, 0.29) is 5.91 Å². The van der Waals surface area contributed by atoms with Crippen LogP contribution in [0.4, 0.5) is 0 Å². The molecule has 2 heteroatoms. The Bertz CT molecular complexity index is 239. The third-order valence-electron chi connectivity index (χ3n) is 1.78. The minimum atomic E-state index is -0.0186. The smallest absolute Gasteiger partial charge is 0.243 e. The van der Waals surface area contributed by atoms with Gasteiger partial charge >= 0.3 is 0 Å². The molecule has 0 aromatic heterocycles. The van der Waals surface area contributed by atoms with Crippen molar-refractivity contribution in [3.8, 4) is 0 Å². The first-order chi connectivity index (χ1) is 7.31. The van der Waals surface area contributed by atoms with E-state index in [4.69, 9.17) is 0 Å². The van der Waals surface area contributed by atoms with E-state index < -0.39 is 0 Å². The van der Waals surface area contributed by atoms with Gasteiger partial charge in [-0.15, -0.1) is 0 Å². The fourth-order valence-electron chi connectivity index (χ4n) is 0.984. The molecule has 1 N–H and O–H groups in total. The summed E-state index contributed by atoms with van der Waals surface area (Å²) in [5, 5.41) is 2.77. The van der Waals surface area contributed by atoms with Gasteiger partial charge in [0.05, 0.1) is 0 Å². The Morgan fingerprint density at radius 3 is 2.60 bits per heavy atom. The zero-order valence-electron chi connectivity index (χ0n) is 9.70. The predicted octanol–water partition coefficient (Wildman–Crippen LogP) is 2.98. The molecule has 0 spiro atoms. The van der Waals surface area contributed by atoms with Gasteiger partial charge in [0.15, 0.2) is 0 Å². The molecule has 0 aliphatic rings. The maximum atomic E-state index is 11.1. The average Bonchev–Trinajstić information content (AvgIpc) is 2.25. The highest BCUT2D eigenvalue weighted by molar-refractivity contribution is 5.87. The number of amides is 1. The van der Waals surface area contributed by atoms with Gasteiger partial charge in [-0.2, -0.15) is 0 Å². The molecule has 0 aromatic carbocycles. The van der Waals surface area contributed by atoms with Gasteiger partial charge < -0.3 is 5.32 Å². The van der Waals surface area contributed by atoms with Crippen molar-refractivity contribution >= 4 is 5.91 Å². The van der Waals surface area contributed by atoms with Crippen LogP contribution in [0.15, 0.2) is 36.5 Å². The fourth-order valence-corrected chi connectivity index (χ4v) is 0.984. The van der Waals surface area contributed by atoms with Crippen molar-refractivity contribution in [3.63, 3.8) is 0 Å². The lowest BCUT2D eigenvalue weighted by molar-refractivity contribution is -0.116. The first-order valence-electron chi connectivity index (χ1n) is 5.53. The Kier molecular flexibility index (Phi) is 9.83. The van der Waals surface area contributed by atoms with E-state index in [2.05, 4.69) is 17.5 Å². The number of hydrogen-bond donors (Lipinski definition) is 1. The molecule has 0 radical (unpaired) electrons. The molecule has 0 aliphatic carbocycles. The van der Waals surface area contributed by atoms with E-state index in [1.165, 1.54) is 0 Å². The van der Waals surface area contributed by atoms with E-state index >= 15 is 0 Å². The van der Waals surface area contributed by atoms with Crippen molar-refractivity contribution in [2.24, 2.45) is 0 Å². The van der Waals surface area contributed by atoms with E-state index in [0.29, 0.717) is 0 Å². The monoisotopic (exact) mass is 207 g/mol. The van der Waals surface area contributed by atoms with Gasteiger partial charge in [0, 0.05) is 12.6 Å². The SMILES string of the molecule is C/C=C/CC/C=C\C=C\C(=O)NCCC. The van der Waals surface area contributed by atoms with Crippen molar-refractivity contribution in [1.29, 1.82) is 0 Å². The number of allylic oxidation sites excluding steroid dienone is 5. The second-order valence-corrected chi connectivity index (χ2v) is 3.22. The van der Waals surface area contributed by atoms with Crippen LogP contribution >= 0.6 is 0 Å². The minimum absolute atomic E-state index is 0.0186. The number of hydrogen-bond acceptors (Lipinski definition) is 1. The summed E-state index contributed by atoms with van der Waals surface area (Å²) in [6.07, 6.45) is 14.5. The zero-order valence-corrected chi connectivity index (χ0v) is 9.70. The lowest BCUT2D eigenvalue weighted by atomic mass is 10.2. The molecule has 84 valence electrons. The summed E-state index contributed by atoms with van der Waals surface area (Å²) in [5.41, 5.74) is 0. The van der Waals surface area contributed by atoms with Crippen LogP contribution in [0, 0.1) is 0 Å². The van der Waals surface area contributed by atoms with Gasteiger partial charge in [-0.1, -0.05) is 37.3 Å². The van der Waals surface area contributed by atoms with E-state index in [1.54, 1.807) is 12.2 Å². The van der Waals surface area contributed by atoms with Crippen molar-refractivity contribution in [2.45, 2.75) is 33.1 Å². The molecule has 0 fully saturated rings. The van der Waals surface area contributed by atoms with Crippen LogP contribution in [0.25, 0.3) is 0 Å². The molecule has 0 saturated carbocycles. The first kappa shape index (κ1) is 13.7. The molecule has 2 nitrogen and oxygen atoms in total. The summed E-state index contributed by atoms with van der Waals surface area (Å²) >= 11 is 0. The van der Waals surface area contributed by atoms with Crippen LogP contribution in [0.2, 0.25) is 0 Å². The molecule has 0 saturated heterocycles. The maximum absolute atomic E-state index is 11.1. The van der Waals surface area contributed by atoms with E-state index in [0.717, 1.165) is 25.8 Å². The van der Waals surface area contributed by atoms with E-state index in [1.807, 2.05) is 26.0 Å². The van der Waals surface area contributed by atoms with E-state index in [9.17, 15) is 4.79 Å². The lowest BCUT2D eigenvalue weighted by Crippen LogP contribution is -2.21. The van der Waals surface area contributed by atoms with Gasteiger partial charge in [0.2, 0.25) is 5.91 Å². The number of unbranched alkanes of at least 4 members (excludes halogenated alkanes) is 1. The van der Waals surface area contributed by atoms with Crippen molar-refractivity contribution in [1.82, 2.24) is 5.32 Å². The second-order valence-electron chi connectivity index (χ2n) is 3.22. The van der Waals surface area contributed by atoms with Crippen LogP contribution in [0.1, 0.15) is 33.1 Å². The Hall–Kier alpha value is -1.31. The topological polar surface area (TPSA) is 29.1 Å². The summed E-state index contributed by atoms with van der Waals surface area (Å²) in [6.45, 7) is 4.79. The molecule has 0 rings (SSSR count). The highest BCUT2D eigenvalue weighted by Gasteiger charge is 1.89. The molecule has 15 heavy (non-hydrogen) atoms. The molecule has 0 aliphatic heterocycles. The van der Waals surface area contributed by atoms with Crippen LogP contribution in [-0.2, 0) is 4.79 Å². The fraction of sp³-hybridized carbons (Fsp3) is 0.462. The Balaban J connectivity index is 3.55. The molecular weight excluding hydrogens is 186 g/mol. The van der Waals surface area contributed by atoms with Gasteiger partial charge in [0.25, 0.3) is 0 Å². The molecule has 0 unspecified atom stereocenters. The summed E-state index contributed by atoms with van der Waals surface area (Å²) in [7, 11) is 0. The largest absolute Gasteiger partial charge is 0.353 e. The average molecular weight is 207 g/mol. The third kappa shape index (κ3) is 10.6. The quantitative estimate of drug-likeness (QED) is 0.296. The Morgan fingerprint density at radius 1 is 1.20 bits per heavy atom. The highest BCUT2D eigenvalue weighted by atomic mass is 16.1. The zero-order chi connectivity index (χ0) is 11.4. The molecule has 0 heterocycles. The van der Waals surface area contributed by atoms with Crippen molar-refractivity contribution in [3.05, 3.63) is 36.5 Å². The maximum Gasteiger partial charge on any atom is 0.243 e. The summed E-state index contributed by atoms with van der Waals surface area (Å²) < 4.78 is 0. The number of carbonyl (C=O) groups excluding carboxylic acids is 1. The Morgan fingerprint density at radius 2 is 1.93 bits per heavy atom. The van der Waals surface area contributed by atoms with Crippen LogP contribution in [0.5, 0.6) is 0 Å². The summed E-state index contributed by atoms with van der Waals surface area (Å²) in [4.78, 5) is 11.1. The van der Waals surface area contributed by atoms with Gasteiger partial charge in [-0.3, -0.25) is 4.79 Å². The van der Waals surface area contributed by atoms with Crippen LogP contribution in [0.3, 0.4) is 0 Å². The van der Waals surface area contributed by atoms with Gasteiger partial charge in [0.1, 0.15) is 0 Å². The van der Waals surface area contributed by atoms with Crippen molar-refractivity contribution < 1.29 is 4.79 Å². The molecule has 0 atom stereocenters. The predicted molar refractivity (Wildman–Crippen MR) is 65.6 cm³/mol. The van der Waals surface area contributed by atoms with Gasteiger partial charge in [-0.25, -0.2) is 0 Å². The lowest BCUT2D eigenvalue weighted by Gasteiger charge is -1.95. The van der Waals surface area contributed by atoms with Crippen LogP contribution in [-0.4, -0.2) is 12.5 Å². The molecule has 0 aromatic rings. The molecular formula is C13H21NO. The summed E-state index contributed by atoms with van der Waals surface area (Å²) in [6, 6.07) is 0. The number of rotatable bonds is 7. The first-order valence-corrected chi connectivity index (χ1v) is 5.53.